The van der Waals surface area contributed by atoms with Gasteiger partial charge < -0.3 is 19.9 Å². The highest BCUT2D eigenvalue weighted by molar-refractivity contribution is 7.90. The molecule has 1 unspecified atom stereocenters. The molecule has 1 aliphatic heterocycles. The summed E-state index contributed by atoms with van der Waals surface area (Å²) in [6.45, 7) is 2.29. The third-order valence-electron chi connectivity index (χ3n) is 2.77. The predicted octanol–water partition coefficient (Wildman–Crippen LogP) is 0.644. The highest BCUT2D eigenvalue weighted by atomic mass is 32.2. The molecule has 2 N–H and O–H groups in total. The van der Waals surface area contributed by atoms with Crippen LogP contribution in [0.15, 0.2) is 12.1 Å². The summed E-state index contributed by atoms with van der Waals surface area (Å²) < 4.78 is 32.7. The first-order valence-electron chi connectivity index (χ1n) is 5.88. The molecule has 1 aliphatic rings. The quantitative estimate of drug-likeness (QED) is 0.827. The fraction of sp³-hybridized carbons (Fsp3) is 0.500. The number of aromatic hydroxyl groups is 1. The molecular formula is C12H17NO5S. The van der Waals surface area contributed by atoms with Crippen molar-refractivity contribution < 1.29 is 23.0 Å². The average molecular weight is 287 g/mol. The molecule has 0 aromatic heterocycles. The number of rotatable bonds is 5. The molecule has 0 spiro atoms. The van der Waals surface area contributed by atoms with Gasteiger partial charge in [0.2, 0.25) is 6.79 Å². The van der Waals surface area contributed by atoms with Gasteiger partial charge in [-0.3, -0.25) is 0 Å². The van der Waals surface area contributed by atoms with Gasteiger partial charge in [0.1, 0.15) is 15.6 Å². The van der Waals surface area contributed by atoms with Crippen LogP contribution in [0.4, 0.5) is 0 Å². The maximum atomic E-state index is 11.1. The van der Waals surface area contributed by atoms with Crippen molar-refractivity contribution in [1.29, 1.82) is 0 Å². The van der Waals surface area contributed by atoms with Gasteiger partial charge >= 0.3 is 0 Å². The summed E-state index contributed by atoms with van der Waals surface area (Å²) >= 11 is 0. The van der Waals surface area contributed by atoms with Crippen LogP contribution in [0.1, 0.15) is 12.5 Å². The Labute approximate surface area is 112 Å². The van der Waals surface area contributed by atoms with Crippen LogP contribution in [-0.4, -0.2) is 38.4 Å². The van der Waals surface area contributed by atoms with Crippen molar-refractivity contribution >= 4 is 9.84 Å². The Balaban J connectivity index is 2.00. The highest BCUT2D eigenvalue weighted by Crippen LogP contribution is 2.37. The van der Waals surface area contributed by atoms with E-state index in [-0.39, 0.29) is 24.3 Å². The van der Waals surface area contributed by atoms with Crippen LogP contribution in [0, 0.1) is 0 Å². The molecule has 0 fully saturated rings. The van der Waals surface area contributed by atoms with Crippen molar-refractivity contribution in [1.82, 2.24) is 5.32 Å². The summed E-state index contributed by atoms with van der Waals surface area (Å²) in [6.07, 6.45) is 1.20. The maximum Gasteiger partial charge on any atom is 0.231 e. The molecule has 0 radical (unpaired) electrons. The van der Waals surface area contributed by atoms with E-state index in [1.807, 2.05) is 0 Å². The van der Waals surface area contributed by atoms with E-state index in [9.17, 15) is 13.5 Å². The molecular weight excluding hydrogens is 270 g/mol. The summed E-state index contributed by atoms with van der Waals surface area (Å²) in [7, 11) is -3.02. The molecule has 0 aliphatic carbocycles. The van der Waals surface area contributed by atoms with Gasteiger partial charge in [-0.1, -0.05) is 0 Å². The number of hydrogen-bond donors (Lipinski definition) is 2. The minimum Gasteiger partial charge on any atom is -0.507 e. The number of benzene rings is 1. The van der Waals surface area contributed by atoms with Crippen LogP contribution in [0.3, 0.4) is 0 Å². The second kappa shape index (κ2) is 5.26. The van der Waals surface area contributed by atoms with Crippen LogP contribution >= 0.6 is 0 Å². The standard InChI is InChI=1S/C12H17NO5S/c1-8(6-19(2,15)16)13-5-9-3-11-12(4-10(9)14)18-7-17-11/h3-4,8,13-14H,5-7H2,1-2H3. The Kier molecular flexibility index (Phi) is 3.86. The zero-order valence-electron chi connectivity index (χ0n) is 10.8. The first-order chi connectivity index (χ1) is 8.85. The zero-order valence-corrected chi connectivity index (χ0v) is 11.7. The molecule has 7 heteroatoms. The number of sulfone groups is 1. The minimum atomic E-state index is -3.02. The van der Waals surface area contributed by atoms with Crippen LogP contribution in [-0.2, 0) is 16.4 Å². The number of fused-ring (bicyclic) bond motifs is 1. The lowest BCUT2D eigenvalue weighted by atomic mass is 10.1. The molecule has 1 heterocycles. The van der Waals surface area contributed by atoms with E-state index in [0.717, 1.165) is 0 Å². The zero-order chi connectivity index (χ0) is 14.0. The second-order valence-electron chi connectivity index (χ2n) is 4.71. The summed E-state index contributed by atoms with van der Waals surface area (Å²) in [5.41, 5.74) is 0.643. The van der Waals surface area contributed by atoms with Gasteiger partial charge in [0.05, 0.1) is 5.75 Å². The Morgan fingerprint density at radius 2 is 2.00 bits per heavy atom. The summed E-state index contributed by atoms with van der Waals surface area (Å²) in [4.78, 5) is 0. The molecule has 1 atom stereocenters. The highest BCUT2D eigenvalue weighted by Gasteiger charge is 2.17. The first kappa shape index (κ1) is 14.0. The topological polar surface area (TPSA) is 84.9 Å². The van der Waals surface area contributed by atoms with Gasteiger partial charge in [-0.15, -0.1) is 0 Å². The molecule has 0 saturated carbocycles. The van der Waals surface area contributed by atoms with Gasteiger partial charge in [0.25, 0.3) is 0 Å². The molecule has 0 amide bonds. The van der Waals surface area contributed by atoms with E-state index < -0.39 is 9.84 Å². The van der Waals surface area contributed by atoms with Gasteiger partial charge in [-0.05, 0) is 13.0 Å². The Morgan fingerprint density at radius 3 is 2.63 bits per heavy atom. The third kappa shape index (κ3) is 3.74. The van der Waals surface area contributed by atoms with E-state index in [1.165, 1.54) is 12.3 Å². The molecule has 1 aromatic carbocycles. The predicted molar refractivity (Wildman–Crippen MR) is 70.2 cm³/mol. The smallest absolute Gasteiger partial charge is 0.231 e. The van der Waals surface area contributed by atoms with Crippen molar-refractivity contribution in [3.63, 3.8) is 0 Å². The summed E-state index contributed by atoms with van der Waals surface area (Å²) in [6, 6.07) is 3.00. The van der Waals surface area contributed by atoms with Gasteiger partial charge in [-0.25, -0.2) is 8.42 Å². The summed E-state index contributed by atoms with van der Waals surface area (Å²) in [5.74, 6) is 1.26. The summed E-state index contributed by atoms with van der Waals surface area (Å²) in [5, 5.41) is 12.9. The normalized spacial score (nSPS) is 15.5. The lowest BCUT2D eigenvalue weighted by Gasteiger charge is -2.13. The van der Waals surface area contributed by atoms with Crippen molar-refractivity contribution in [2.75, 3.05) is 18.8 Å². The molecule has 1 aromatic rings. The Hall–Kier alpha value is -1.47. The van der Waals surface area contributed by atoms with E-state index in [1.54, 1.807) is 13.0 Å². The minimum absolute atomic E-state index is 0.0539. The molecule has 106 valence electrons. The van der Waals surface area contributed by atoms with E-state index >= 15 is 0 Å². The maximum absolute atomic E-state index is 11.1. The van der Waals surface area contributed by atoms with E-state index in [0.29, 0.717) is 23.6 Å². The van der Waals surface area contributed by atoms with Crippen molar-refractivity contribution in [3.05, 3.63) is 17.7 Å². The SMILES string of the molecule is CC(CS(C)(=O)=O)NCc1cc2c(cc1O)OCO2. The number of nitrogens with one attached hydrogen (secondary N) is 1. The molecule has 6 nitrogen and oxygen atoms in total. The third-order valence-corrected chi connectivity index (χ3v) is 3.87. The Bertz CT molecular complexity index is 570. The number of ether oxygens (including phenoxy) is 2. The fourth-order valence-corrected chi connectivity index (χ4v) is 2.94. The average Bonchev–Trinajstić information content (AvgIpc) is 2.70. The van der Waals surface area contributed by atoms with Crippen molar-refractivity contribution in [2.45, 2.75) is 19.5 Å². The van der Waals surface area contributed by atoms with Gasteiger partial charge in [-0.2, -0.15) is 0 Å². The van der Waals surface area contributed by atoms with Crippen LogP contribution in [0.5, 0.6) is 17.2 Å². The molecule has 0 saturated heterocycles. The van der Waals surface area contributed by atoms with Crippen LogP contribution in [0.25, 0.3) is 0 Å². The lowest BCUT2D eigenvalue weighted by molar-refractivity contribution is 0.174. The second-order valence-corrected chi connectivity index (χ2v) is 6.89. The van der Waals surface area contributed by atoms with Crippen molar-refractivity contribution in [3.8, 4) is 17.2 Å². The number of hydrogen-bond acceptors (Lipinski definition) is 6. The van der Waals surface area contributed by atoms with Crippen LogP contribution in [0.2, 0.25) is 0 Å². The van der Waals surface area contributed by atoms with E-state index in [4.69, 9.17) is 9.47 Å². The largest absolute Gasteiger partial charge is 0.507 e. The molecule has 19 heavy (non-hydrogen) atoms. The van der Waals surface area contributed by atoms with Crippen LogP contribution < -0.4 is 14.8 Å². The molecule has 0 bridgehead atoms. The van der Waals surface area contributed by atoms with Gasteiger partial charge in [0, 0.05) is 30.5 Å². The molecule has 2 rings (SSSR count). The number of phenolic OH excluding ortho intramolecular Hbond substituents is 1. The van der Waals surface area contributed by atoms with Crippen molar-refractivity contribution in [2.24, 2.45) is 0 Å². The first-order valence-corrected chi connectivity index (χ1v) is 7.94. The van der Waals surface area contributed by atoms with Gasteiger partial charge in [0.15, 0.2) is 11.5 Å². The monoisotopic (exact) mass is 287 g/mol. The Morgan fingerprint density at radius 1 is 1.37 bits per heavy atom. The number of phenols is 1. The lowest BCUT2D eigenvalue weighted by Crippen LogP contribution is -2.32. The fourth-order valence-electron chi connectivity index (χ4n) is 1.91. The van der Waals surface area contributed by atoms with E-state index in [2.05, 4.69) is 5.32 Å².